The van der Waals surface area contributed by atoms with Crippen molar-refractivity contribution in [3.8, 4) is 0 Å². The van der Waals surface area contributed by atoms with Gasteiger partial charge in [-0.1, -0.05) is 6.92 Å². The summed E-state index contributed by atoms with van der Waals surface area (Å²) in [7, 11) is 0. The zero-order chi connectivity index (χ0) is 14.7. The molecule has 0 aliphatic carbocycles. The second kappa shape index (κ2) is 6.09. The van der Waals surface area contributed by atoms with Crippen LogP contribution in [-0.4, -0.2) is 46.9 Å². The maximum absolute atomic E-state index is 12.1. The molecule has 1 rings (SSSR count). The predicted octanol–water partition coefficient (Wildman–Crippen LogP) is 1.73. The second-order valence-corrected chi connectivity index (χ2v) is 6.43. The molecule has 112 valence electrons. The molecule has 0 aromatic rings. The highest BCUT2D eigenvalue weighted by Crippen LogP contribution is 2.30. The van der Waals surface area contributed by atoms with Crippen LogP contribution in [0.4, 0.5) is 4.79 Å². The van der Waals surface area contributed by atoms with Gasteiger partial charge in [0.2, 0.25) is 0 Å². The lowest BCUT2D eigenvalue weighted by Crippen LogP contribution is -2.53. The van der Waals surface area contributed by atoms with Gasteiger partial charge in [0.15, 0.2) is 0 Å². The predicted molar refractivity (Wildman–Crippen MR) is 74.8 cm³/mol. The summed E-state index contributed by atoms with van der Waals surface area (Å²) in [6.07, 6.45) is 2.09. The molecule has 5 heteroatoms. The number of hydrogen-bond donors (Lipinski definition) is 2. The van der Waals surface area contributed by atoms with Gasteiger partial charge in [-0.05, 0) is 40.0 Å². The number of aliphatic hydroxyl groups is 1. The van der Waals surface area contributed by atoms with Gasteiger partial charge in [-0.2, -0.15) is 0 Å². The lowest BCUT2D eigenvalue weighted by molar-refractivity contribution is -0.0479. The molecule has 19 heavy (non-hydrogen) atoms. The Labute approximate surface area is 116 Å². The van der Waals surface area contributed by atoms with Gasteiger partial charge in [-0.3, -0.25) is 0 Å². The van der Waals surface area contributed by atoms with Crippen molar-refractivity contribution in [2.45, 2.75) is 58.2 Å². The molecule has 5 nitrogen and oxygen atoms in total. The summed E-state index contributed by atoms with van der Waals surface area (Å²) in [5, 5.41) is 10.5. The van der Waals surface area contributed by atoms with Crippen LogP contribution in [0.2, 0.25) is 0 Å². The quantitative estimate of drug-likeness (QED) is 0.820. The molecule has 0 spiro atoms. The van der Waals surface area contributed by atoms with E-state index in [4.69, 9.17) is 10.5 Å². The molecule has 0 aromatic heterocycles. The number of likely N-dealkylation sites (tertiary alicyclic amines) is 1. The molecule has 0 aromatic carbocycles. The van der Waals surface area contributed by atoms with Crippen LogP contribution in [0.5, 0.6) is 0 Å². The smallest absolute Gasteiger partial charge is 0.410 e. The standard InChI is InChI=1S/C14H28N2O3/c1-5-14(18,10-15)11-7-6-8-16(9-11)12(17)19-13(2,3)4/h11,18H,5-10,15H2,1-4H3. The number of nitrogens with zero attached hydrogens (tertiary/aromatic N) is 1. The van der Waals surface area contributed by atoms with Crippen LogP contribution >= 0.6 is 0 Å². The van der Waals surface area contributed by atoms with Gasteiger partial charge in [0.25, 0.3) is 0 Å². The molecule has 1 aliphatic rings. The minimum Gasteiger partial charge on any atom is -0.444 e. The van der Waals surface area contributed by atoms with Crippen molar-refractivity contribution in [2.24, 2.45) is 11.7 Å². The fraction of sp³-hybridized carbons (Fsp3) is 0.929. The summed E-state index contributed by atoms with van der Waals surface area (Å²) in [6, 6.07) is 0. The van der Waals surface area contributed by atoms with Crippen molar-refractivity contribution in [1.82, 2.24) is 4.90 Å². The molecule has 0 bridgehead atoms. The van der Waals surface area contributed by atoms with Crippen molar-refractivity contribution in [2.75, 3.05) is 19.6 Å². The van der Waals surface area contributed by atoms with Gasteiger partial charge in [-0.25, -0.2) is 4.79 Å². The first-order valence-electron chi connectivity index (χ1n) is 7.12. The van der Waals surface area contributed by atoms with E-state index in [1.54, 1.807) is 4.90 Å². The maximum atomic E-state index is 12.1. The first-order chi connectivity index (χ1) is 8.72. The minimum absolute atomic E-state index is 0.0313. The average molecular weight is 272 g/mol. The van der Waals surface area contributed by atoms with E-state index in [1.165, 1.54) is 0 Å². The number of amides is 1. The van der Waals surface area contributed by atoms with Crippen LogP contribution in [0.3, 0.4) is 0 Å². The Hall–Kier alpha value is -0.810. The summed E-state index contributed by atoms with van der Waals surface area (Å²) in [5.41, 5.74) is 4.33. The molecule has 2 atom stereocenters. The molecule has 1 fully saturated rings. The molecule has 1 amide bonds. The number of hydrogen-bond acceptors (Lipinski definition) is 4. The normalized spacial score (nSPS) is 23.9. The zero-order valence-corrected chi connectivity index (χ0v) is 12.6. The first-order valence-corrected chi connectivity index (χ1v) is 7.12. The van der Waals surface area contributed by atoms with E-state index in [2.05, 4.69) is 0 Å². The minimum atomic E-state index is -0.874. The van der Waals surface area contributed by atoms with Gasteiger partial charge < -0.3 is 20.5 Å². The molecule has 1 heterocycles. The lowest BCUT2D eigenvalue weighted by Gasteiger charge is -2.41. The third kappa shape index (κ3) is 4.35. The van der Waals surface area contributed by atoms with Crippen molar-refractivity contribution in [3.63, 3.8) is 0 Å². The molecular formula is C14H28N2O3. The molecule has 3 N–H and O–H groups in total. The van der Waals surface area contributed by atoms with E-state index in [1.807, 2.05) is 27.7 Å². The maximum Gasteiger partial charge on any atom is 0.410 e. The number of carbonyl (C=O) groups is 1. The van der Waals surface area contributed by atoms with Gasteiger partial charge >= 0.3 is 6.09 Å². The first kappa shape index (κ1) is 16.2. The van der Waals surface area contributed by atoms with Crippen molar-refractivity contribution < 1.29 is 14.6 Å². The third-order valence-electron chi connectivity index (χ3n) is 3.80. The highest BCUT2D eigenvalue weighted by atomic mass is 16.6. The summed E-state index contributed by atoms with van der Waals surface area (Å²) in [6.45, 7) is 8.94. The van der Waals surface area contributed by atoms with E-state index in [9.17, 15) is 9.90 Å². The highest BCUT2D eigenvalue weighted by Gasteiger charge is 2.38. The Balaban J connectivity index is 2.67. The fourth-order valence-electron chi connectivity index (χ4n) is 2.51. The van der Waals surface area contributed by atoms with Gasteiger partial charge in [0.1, 0.15) is 5.60 Å². The second-order valence-electron chi connectivity index (χ2n) is 6.43. The molecule has 1 saturated heterocycles. The average Bonchev–Trinajstić information content (AvgIpc) is 2.36. The summed E-state index contributed by atoms with van der Waals surface area (Å²) in [4.78, 5) is 13.7. The van der Waals surface area contributed by atoms with E-state index in [0.717, 1.165) is 12.8 Å². The Kier molecular flexibility index (Phi) is 5.21. The molecular weight excluding hydrogens is 244 g/mol. The van der Waals surface area contributed by atoms with Crippen molar-refractivity contribution in [1.29, 1.82) is 0 Å². The monoisotopic (exact) mass is 272 g/mol. The fourth-order valence-corrected chi connectivity index (χ4v) is 2.51. The van der Waals surface area contributed by atoms with Crippen LogP contribution < -0.4 is 5.73 Å². The van der Waals surface area contributed by atoms with Gasteiger partial charge in [0.05, 0.1) is 5.60 Å². The zero-order valence-electron chi connectivity index (χ0n) is 12.6. The molecule has 2 unspecified atom stereocenters. The number of nitrogens with two attached hydrogens (primary N) is 1. The largest absolute Gasteiger partial charge is 0.444 e. The topological polar surface area (TPSA) is 75.8 Å². The van der Waals surface area contributed by atoms with Crippen LogP contribution in [0.1, 0.15) is 47.0 Å². The Morgan fingerprint density at radius 1 is 1.47 bits per heavy atom. The summed E-state index contributed by atoms with van der Waals surface area (Å²) < 4.78 is 5.38. The van der Waals surface area contributed by atoms with Crippen molar-refractivity contribution in [3.05, 3.63) is 0 Å². The number of carbonyl (C=O) groups excluding carboxylic acids is 1. The Morgan fingerprint density at radius 3 is 2.58 bits per heavy atom. The Morgan fingerprint density at radius 2 is 2.11 bits per heavy atom. The SMILES string of the molecule is CCC(O)(CN)C1CCCN(C(=O)OC(C)(C)C)C1. The van der Waals surface area contributed by atoms with Gasteiger partial charge in [0, 0.05) is 25.6 Å². The van der Waals surface area contributed by atoms with Crippen LogP contribution in [0.25, 0.3) is 0 Å². The Bertz CT molecular complexity index is 308. The molecule has 0 radical (unpaired) electrons. The van der Waals surface area contributed by atoms with Crippen LogP contribution in [0.15, 0.2) is 0 Å². The lowest BCUT2D eigenvalue weighted by atomic mass is 9.80. The van der Waals surface area contributed by atoms with E-state index >= 15 is 0 Å². The van der Waals surface area contributed by atoms with Crippen LogP contribution in [0, 0.1) is 5.92 Å². The van der Waals surface area contributed by atoms with Crippen molar-refractivity contribution >= 4 is 6.09 Å². The molecule has 0 saturated carbocycles. The van der Waals surface area contributed by atoms with E-state index in [-0.39, 0.29) is 18.6 Å². The third-order valence-corrected chi connectivity index (χ3v) is 3.80. The number of piperidine rings is 1. The van der Waals surface area contributed by atoms with Crippen LogP contribution in [-0.2, 0) is 4.74 Å². The van der Waals surface area contributed by atoms with E-state index < -0.39 is 11.2 Å². The molecule has 1 aliphatic heterocycles. The summed E-state index contributed by atoms with van der Waals surface area (Å²) >= 11 is 0. The van der Waals surface area contributed by atoms with Gasteiger partial charge in [-0.15, -0.1) is 0 Å². The number of ether oxygens (including phenoxy) is 1. The van der Waals surface area contributed by atoms with E-state index in [0.29, 0.717) is 19.5 Å². The summed E-state index contributed by atoms with van der Waals surface area (Å²) in [5.74, 6) is 0.0313. The number of rotatable bonds is 3. The highest BCUT2D eigenvalue weighted by molar-refractivity contribution is 5.68.